The molecule has 0 rings (SSSR count). The van der Waals surface area contributed by atoms with E-state index in [0.29, 0.717) is 12.8 Å². The molecule has 0 atom stereocenters. The molecule has 0 bridgehead atoms. The highest BCUT2D eigenvalue weighted by molar-refractivity contribution is 5.99. The van der Waals surface area contributed by atoms with E-state index in [9.17, 15) is 9.59 Å². The minimum absolute atomic E-state index is 0.437. The fourth-order valence-corrected chi connectivity index (χ4v) is 0.871. The monoisotopic (exact) mass is 174 g/mol. The topological polar surface area (TPSA) is 110 Å². The predicted octanol–water partition coefficient (Wildman–Crippen LogP) is -1.62. The molecule has 0 aromatic heterocycles. The van der Waals surface area contributed by atoms with Gasteiger partial charge in [0.2, 0.25) is 11.8 Å². The lowest BCUT2D eigenvalue weighted by Crippen LogP contribution is -2.45. The van der Waals surface area contributed by atoms with E-state index in [-0.39, 0.29) is 0 Å². The van der Waals surface area contributed by atoms with Crippen molar-refractivity contribution in [3.05, 3.63) is 0 Å². The second-order valence-corrected chi connectivity index (χ2v) is 2.36. The van der Waals surface area contributed by atoms with E-state index in [1.807, 2.05) is 17.8 Å². The zero-order valence-electron chi connectivity index (χ0n) is 6.96. The van der Waals surface area contributed by atoms with Gasteiger partial charge in [-0.3, -0.25) is 20.4 Å². The largest absolute Gasteiger partial charge is 0.294 e. The molecule has 0 aliphatic carbocycles. The van der Waals surface area contributed by atoms with E-state index in [1.54, 1.807) is 0 Å². The predicted molar refractivity (Wildman–Crippen MR) is 43.1 cm³/mol. The number of rotatable bonds is 4. The summed E-state index contributed by atoms with van der Waals surface area (Å²) in [6.45, 7) is 1.86. The third kappa shape index (κ3) is 2.85. The molecule has 6 heteroatoms. The lowest BCUT2D eigenvalue weighted by Gasteiger charge is -2.11. The Hall–Kier alpha value is -1.14. The van der Waals surface area contributed by atoms with Gasteiger partial charge in [0.25, 0.3) is 0 Å². The Morgan fingerprint density at radius 3 is 1.92 bits per heavy atom. The van der Waals surface area contributed by atoms with Crippen LogP contribution < -0.4 is 22.5 Å². The molecule has 70 valence electrons. The maximum Gasteiger partial charge on any atom is 0.246 e. The minimum Gasteiger partial charge on any atom is -0.294 e. The highest BCUT2D eigenvalue weighted by Crippen LogP contribution is 2.05. The van der Waals surface area contributed by atoms with Crippen LogP contribution in [0, 0.1) is 5.92 Å². The van der Waals surface area contributed by atoms with Crippen LogP contribution in [0.15, 0.2) is 0 Å². The van der Waals surface area contributed by atoms with Crippen LogP contribution in [0.4, 0.5) is 0 Å². The zero-order valence-corrected chi connectivity index (χ0v) is 6.96. The van der Waals surface area contributed by atoms with Gasteiger partial charge in [0.15, 0.2) is 0 Å². The molecule has 12 heavy (non-hydrogen) atoms. The number of amides is 2. The quantitative estimate of drug-likeness (QED) is 0.178. The minimum atomic E-state index is -0.787. The smallest absolute Gasteiger partial charge is 0.246 e. The summed E-state index contributed by atoms with van der Waals surface area (Å²) in [6.07, 6.45) is 1.15. The Balaban J connectivity index is 4.21. The first-order valence-electron chi connectivity index (χ1n) is 3.68. The van der Waals surface area contributed by atoms with Gasteiger partial charge < -0.3 is 0 Å². The van der Waals surface area contributed by atoms with Gasteiger partial charge in [-0.15, -0.1) is 0 Å². The van der Waals surface area contributed by atoms with Crippen molar-refractivity contribution in [2.75, 3.05) is 0 Å². The van der Waals surface area contributed by atoms with Gasteiger partial charge >= 0.3 is 0 Å². The van der Waals surface area contributed by atoms with Crippen LogP contribution in [0.1, 0.15) is 19.8 Å². The standard InChI is InChI=1S/C6H14N4O2/c1-2-3-4(5(11)9-7)6(12)10-8/h4H,2-3,7-8H2,1H3,(H,9,11)(H,10,12). The summed E-state index contributed by atoms with van der Waals surface area (Å²) in [5.74, 6) is 7.94. The van der Waals surface area contributed by atoms with Gasteiger partial charge in [-0.05, 0) is 6.42 Å². The van der Waals surface area contributed by atoms with Crippen molar-refractivity contribution in [3.63, 3.8) is 0 Å². The van der Waals surface area contributed by atoms with Crippen LogP contribution in [0.25, 0.3) is 0 Å². The normalized spacial score (nSPS) is 9.67. The molecule has 6 nitrogen and oxygen atoms in total. The van der Waals surface area contributed by atoms with E-state index < -0.39 is 17.7 Å². The Kier molecular flexibility index (Phi) is 4.98. The molecule has 0 aromatic carbocycles. The highest BCUT2D eigenvalue weighted by Gasteiger charge is 2.23. The fourth-order valence-electron chi connectivity index (χ4n) is 0.871. The van der Waals surface area contributed by atoms with Crippen LogP contribution in [-0.4, -0.2) is 11.8 Å². The van der Waals surface area contributed by atoms with Crippen LogP contribution >= 0.6 is 0 Å². The number of carbonyl (C=O) groups excluding carboxylic acids is 2. The number of carbonyl (C=O) groups is 2. The van der Waals surface area contributed by atoms with Gasteiger partial charge in [-0.2, -0.15) is 0 Å². The first-order chi connectivity index (χ1) is 5.67. The van der Waals surface area contributed by atoms with Crippen molar-refractivity contribution in [1.29, 1.82) is 0 Å². The molecule has 0 saturated carbocycles. The zero-order chi connectivity index (χ0) is 9.56. The van der Waals surface area contributed by atoms with E-state index in [1.165, 1.54) is 0 Å². The summed E-state index contributed by atoms with van der Waals surface area (Å²) in [6, 6.07) is 0. The van der Waals surface area contributed by atoms with E-state index >= 15 is 0 Å². The van der Waals surface area contributed by atoms with E-state index in [2.05, 4.69) is 0 Å². The maximum atomic E-state index is 10.9. The summed E-state index contributed by atoms with van der Waals surface area (Å²) in [5, 5.41) is 0. The molecule has 0 heterocycles. The first kappa shape index (κ1) is 10.9. The lowest BCUT2D eigenvalue weighted by atomic mass is 10.0. The van der Waals surface area contributed by atoms with Gasteiger partial charge in [0.1, 0.15) is 5.92 Å². The van der Waals surface area contributed by atoms with Gasteiger partial charge in [-0.1, -0.05) is 13.3 Å². The molecule has 0 unspecified atom stereocenters. The molecular formula is C6H14N4O2. The number of nitrogens with one attached hydrogen (secondary N) is 2. The van der Waals surface area contributed by atoms with Gasteiger partial charge in [-0.25, -0.2) is 11.7 Å². The molecular weight excluding hydrogens is 160 g/mol. The fraction of sp³-hybridized carbons (Fsp3) is 0.667. The Morgan fingerprint density at radius 1 is 1.25 bits per heavy atom. The summed E-state index contributed by atoms with van der Waals surface area (Å²) in [4.78, 5) is 21.9. The summed E-state index contributed by atoms with van der Waals surface area (Å²) in [5.41, 5.74) is 3.82. The van der Waals surface area contributed by atoms with Crippen LogP contribution in [0.5, 0.6) is 0 Å². The van der Waals surface area contributed by atoms with Crippen molar-refractivity contribution >= 4 is 11.8 Å². The van der Waals surface area contributed by atoms with E-state index in [4.69, 9.17) is 11.7 Å². The molecule has 0 radical (unpaired) electrons. The molecule has 2 amide bonds. The Labute approximate surface area is 70.6 Å². The van der Waals surface area contributed by atoms with Crippen LogP contribution in [0.2, 0.25) is 0 Å². The van der Waals surface area contributed by atoms with E-state index in [0.717, 1.165) is 0 Å². The van der Waals surface area contributed by atoms with Crippen LogP contribution in [-0.2, 0) is 9.59 Å². The average Bonchev–Trinajstić information content (AvgIpc) is 2.11. The molecule has 0 aromatic rings. The number of hydrogen-bond acceptors (Lipinski definition) is 4. The summed E-state index contributed by atoms with van der Waals surface area (Å²) >= 11 is 0. The second kappa shape index (κ2) is 5.50. The molecule has 0 aliphatic heterocycles. The molecule has 0 fully saturated rings. The van der Waals surface area contributed by atoms with Crippen molar-refractivity contribution in [2.45, 2.75) is 19.8 Å². The third-order valence-electron chi connectivity index (χ3n) is 1.49. The van der Waals surface area contributed by atoms with Crippen molar-refractivity contribution in [1.82, 2.24) is 10.9 Å². The van der Waals surface area contributed by atoms with Gasteiger partial charge in [0, 0.05) is 0 Å². The number of hydrazine groups is 2. The molecule has 0 saturated heterocycles. The van der Waals surface area contributed by atoms with Gasteiger partial charge in [0.05, 0.1) is 0 Å². The third-order valence-corrected chi connectivity index (χ3v) is 1.49. The average molecular weight is 174 g/mol. The summed E-state index contributed by atoms with van der Waals surface area (Å²) < 4.78 is 0. The summed E-state index contributed by atoms with van der Waals surface area (Å²) in [7, 11) is 0. The number of nitrogens with two attached hydrogens (primary N) is 2. The Bertz CT molecular complexity index is 155. The molecule has 6 N–H and O–H groups in total. The molecule has 0 spiro atoms. The number of hydrogen-bond donors (Lipinski definition) is 4. The maximum absolute atomic E-state index is 10.9. The highest BCUT2D eigenvalue weighted by atomic mass is 16.2. The second-order valence-electron chi connectivity index (χ2n) is 2.36. The SMILES string of the molecule is CCCC(C(=O)NN)C(=O)NN. The molecule has 0 aliphatic rings. The first-order valence-corrected chi connectivity index (χ1v) is 3.68. The van der Waals surface area contributed by atoms with Crippen molar-refractivity contribution < 1.29 is 9.59 Å². The van der Waals surface area contributed by atoms with Crippen LogP contribution in [0.3, 0.4) is 0 Å². The Morgan fingerprint density at radius 2 is 1.67 bits per heavy atom. The van der Waals surface area contributed by atoms with Crippen molar-refractivity contribution in [3.8, 4) is 0 Å². The lowest BCUT2D eigenvalue weighted by molar-refractivity contribution is -0.135. The van der Waals surface area contributed by atoms with Crippen molar-refractivity contribution in [2.24, 2.45) is 17.6 Å².